The molecule has 5 heteroatoms. The van der Waals surface area contributed by atoms with Crippen molar-refractivity contribution in [2.75, 3.05) is 52.1 Å². The predicted molar refractivity (Wildman–Crippen MR) is 94.3 cm³/mol. The molecule has 2 rings (SSSR count). The molecule has 4 nitrogen and oxygen atoms in total. The monoisotopic (exact) mass is 312 g/mol. The second-order valence-electron chi connectivity index (χ2n) is 6.48. The Morgan fingerprint density at radius 3 is 2.67 bits per heavy atom. The van der Waals surface area contributed by atoms with E-state index < -0.39 is 0 Å². The Balaban J connectivity index is 1.74. The molecule has 1 N–H and O–H groups in total. The Kier molecular flexibility index (Phi) is 7.17. The number of nitrogens with zero attached hydrogens (tertiary/aromatic N) is 3. The summed E-state index contributed by atoms with van der Waals surface area (Å²) in [5.74, 6) is 3.05. The molecule has 2 saturated heterocycles. The van der Waals surface area contributed by atoms with Gasteiger partial charge < -0.3 is 15.1 Å². The maximum Gasteiger partial charge on any atom is 0.193 e. The predicted octanol–water partition coefficient (Wildman–Crippen LogP) is 2.12. The third-order valence-corrected chi connectivity index (χ3v) is 6.05. The van der Waals surface area contributed by atoms with Crippen LogP contribution in [0.25, 0.3) is 0 Å². The van der Waals surface area contributed by atoms with Crippen LogP contribution in [0.4, 0.5) is 0 Å². The van der Waals surface area contributed by atoms with Crippen molar-refractivity contribution in [1.82, 2.24) is 15.1 Å². The number of rotatable bonds is 4. The van der Waals surface area contributed by atoms with Gasteiger partial charge in [-0.15, -0.1) is 0 Å². The molecular formula is C16H32N4S. The van der Waals surface area contributed by atoms with Crippen LogP contribution in [0.1, 0.15) is 33.1 Å². The Labute approximate surface area is 134 Å². The molecule has 21 heavy (non-hydrogen) atoms. The molecule has 0 aromatic heterocycles. The lowest BCUT2D eigenvalue weighted by molar-refractivity contribution is 0.231. The van der Waals surface area contributed by atoms with Gasteiger partial charge in [0.25, 0.3) is 0 Å². The topological polar surface area (TPSA) is 30.9 Å². The molecule has 0 amide bonds. The number of nitrogens with one attached hydrogen (secondary N) is 1. The molecule has 0 aliphatic carbocycles. The maximum atomic E-state index is 4.49. The molecule has 0 spiro atoms. The van der Waals surface area contributed by atoms with Crippen molar-refractivity contribution in [3.05, 3.63) is 0 Å². The lowest BCUT2D eigenvalue weighted by Crippen LogP contribution is -2.50. The number of piperidine rings is 1. The Hall–Kier alpha value is -0.420. The van der Waals surface area contributed by atoms with Crippen molar-refractivity contribution in [2.24, 2.45) is 10.9 Å². The molecule has 0 bridgehead atoms. The van der Waals surface area contributed by atoms with Gasteiger partial charge in [-0.2, -0.15) is 11.8 Å². The summed E-state index contributed by atoms with van der Waals surface area (Å²) < 4.78 is 0. The largest absolute Gasteiger partial charge is 0.355 e. The summed E-state index contributed by atoms with van der Waals surface area (Å²) in [4.78, 5) is 9.51. The Morgan fingerprint density at radius 1 is 1.24 bits per heavy atom. The van der Waals surface area contributed by atoms with Gasteiger partial charge in [-0.3, -0.25) is 4.99 Å². The van der Waals surface area contributed by atoms with Crippen LogP contribution < -0.4 is 5.32 Å². The first-order valence-corrected chi connectivity index (χ1v) is 9.55. The molecule has 2 aliphatic rings. The molecule has 2 fully saturated rings. The lowest BCUT2D eigenvalue weighted by Gasteiger charge is -2.36. The van der Waals surface area contributed by atoms with E-state index in [2.05, 4.69) is 45.7 Å². The van der Waals surface area contributed by atoms with E-state index in [1.807, 2.05) is 7.05 Å². The number of hydrogen-bond donors (Lipinski definition) is 1. The van der Waals surface area contributed by atoms with E-state index in [9.17, 15) is 0 Å². The second kappa shape index (κ2) is 8.89. The van der Waals surface area contributed by atoms with E-state index in [1.165, 1.54) is 38.1 Å². The summed E-state index contributed by atoms with van der Waals surface area (Å²) in [6.45, 7) is 11.6. The second-order valence-corrected chi connectivity index (χ2v) is 7.82. The molecule has 2 heterocycles. The zero-order valence-corrected chi connectivity index (χ0v) is 14.8. The van der Waals surface area contributed by atoms with Gasteiger partial charge in [0.1, 0.15) is 0 Å². The molecule has 122 valence electrons. The van der Waals surface area contributed by atoms with Gasteiger partial charge in [-0.1, -0.05) is 20.3 Å². The third kappa shape index (κ3) is 5.37. The lowest BCUT2D eigenvalue weighted by atomic mass is 10.1. The van der Waals surface area contributed by atoms with Crippen molar-refractivity contribution in [1.29, 1.82) is 0 Å². The smallest absolute Gasteiger partial charge is 0.193 e. The average molecular weight is 313 g/mol. The average Bonchev–Trinajstić information content (AvgIpc) is 2.52. The van der Waals surface area contributed by atoms with Crippen LogP contribution >= 0.6 is 11.8 Å². The third-order valence-electron chi connectivity index (χ3n) is 4.51. The molecule has 1 unspecified atom stereocenters. The first-order chi connectivity index (χ1) is 10.2. The highest BCUT2D eigenvalue weighted by atomic mass is 32.2. The summed E-state index contributed by atoms with van der Waals surface area (Å²) in [7, 11) is 1.91. The Morgan fingerprint density at radius 2 is 2.00 bits per heavy atom. The van der Waals surface area contributed by atoms with Crippen LogP contribution in [0.15, 0.2) is 4.99 Å². The highest BCUT2D eigenvalue weighted by Crippen LogP contribution is 2.24. The van der Waals surface area contributed by atoms with Crippen LogP contribution in [0.5, 0.6) is 0 Å². The fraction of sp³-hybridized carbons (Fsp3) is 0.938. The highest BCUT2D eigenvalue weighted by molar-refractivity contribution is 8.00. The van der Waals surface area contributed by atoms with Gasteiger partial charge in [0.05, 0.1) is 0 Å². The molecule has 0 saturated carbocycles. The van der Waals surface area contributed by atoms with Crippen molar-refractivity contribution < 1.29 is 0 Å². The molecule has 0 aromatic carbocycles. The Bertz CT molecular complexity index is 326. The van der Waals surface area contributed by atoms with E-state index in [1.54, 1.807) is 0 Å². The first kappa shape index (κ1) is 16.9. The summed E-state index contributed by atoms with van der Waals surface area (Å²) in [6.07, 6.45) is 4.15. The summed E-state index contributed by atoms with van der Waals surface area (Å²) in [5, 5.41) is 4.31. The summed E-state index contributed by atoms with van der Waals surface area (Å²) in [5.41, 5.74) is 0. The number of guanidine groups is 1. The van der Waals surface area contributed by atoms with E-state index >= 15 is 0 Å². The van der Waals surface area contributed by atoms with E-state index in [-0.39, 0.29) is 0 Å². The van der Waals surface area contributed by atoms with Crippen LogP contribution in [0.3, 0.4) is 0 Å². The zero-order chi connectivity index (χ0) is 15.1. The first-order valence-electron chi connectivity index (χ1n) is 8.50. The van der Waals surface area contributed by atoms with Crippen LogP contribution in [0, 0.1) is 5.92 Å². The van der Waals surface area contributed by atoms with Gasteiger partial charge in [-0.05, 0) is 31.8 Å². The number of aliphatic imine (C=N–C) groups is 1. The van der Waals surface area contributed by atoms with E-state index in [0.717, 1.165) is 43.3 Å². The van der Waals surface area contributed by atoms with Crippen LogP contribution in [0.2, 0.25) is 0 Å². The molecule has 0 radical (unpaired) electrons. The minimum atomic E-state index is 0.736. The molecule has 2 aliphatic heterocycles. The number of likely N-dealkylation sites (tertiary alicyclic amines) is 1. The van der Waals surface area contributed by atoms with Crippen molar-refractivity contribution >= 4 is 17.7 Å². The summed E-state index contributed by atoms with van der Waals surface area (Å²) >= 11 is 2.12. The number of hydrogen-bond acceptors (Lipinski definition) is 3. The standard InChI is InChI=1S/C16H32N4S/c1-14(2)15-13-20(11-12-21-15)16(17-3)18-7-10-19-8-5-4-6-9-19/h14-15H,4-13H2,1-3H3,(H,17,18). The quantitative estimate of drug-likeness (QED) is 0.636. The SMILES string of the molecule is CN=C(NCCN1CCCCC1)N1CCSC(C(C)C)C1. The molecule has 0 aromatic rings. The normalized spacial score (nSPS) is 25.4. The highest BCUT2D eigenvalue weighted by Gasteiger charge is 2.24. The van der Waals surface area contributed by atoms with Crippen molar-refractivity contribution in [2.45, 2.75) is 38.4 Å². The summed E-state index contributed by atoms with van der Waals surface area (Å²) in [6, 6.07) is 0. The maximum absolute atomic E-state index is 4.49. The van der Waals surface area contributed by atoms with Crippen molar-refractivity contribution in [3.8, 4) is 0 Å². The van der Waals surface area contributed by atoms with Crippen LogP contribution in [-0.4, -0.2) is 73.1 Å². The molecular weight excluding hydrogens is 280 g/mol. The van der Waals surface area contributed by atoms with Gasteiger partial charge in [0, 0.05) is 44.2 Å². The van der Waals surface area contributed by atoms with Gasteiger partial charge in [0.15, 0.2) is 5.96 Å². The van der Waals surface area contributed by atoms with Gasteiger partial charge >= 0.3 is 0 Å². The van der Waals surface area contributed by atoms with E-state index in [4.69, 9.17) is 0 Å². The number of thioether (sulfide) groups is 1. The van der Waals surface area contributed by atoms with Crippen LogP contribution in [-0.2, 0) is 0 Å². The van der Waals surface area contributed by atoms with E-state index in [0.29, 0.717) is 0 Å². The zero-order valence-electron chi connectivity index (χ0n) is 14.0. The van der Waals surface area contributed by atoms with Gasteiger partial charge in [0.2, 0.25) is 0 Å². The minimum absolute atomic E-state index is 0.736. The molecule has 1 atom stereocenters. The minimum Gasteiger partial charge on any atom is -0.355 e. The van der Waals surface area contributed by atoms with Crippen molar-refractivity contribution in [3.63, 3.8) is 0 Å². The van der Waals surface area contributed by atoms with Gasteiger partial charge in [-0.25, -0.2) is 0 Å². The fourth-order valence-electron chi connectivity index (χ4n) is 3.11. The fourth-order valence-corrected chi connectivity index (χ4v) is 4.41.